The maximum absolute atomic E-state index is 12.2. The van der Waals surface area contributed by atoms with Gasteiger partial charge in [-0.1, -0.05) is 55.5 Å². The summed E-state index contributed by atoms with van der Waals surface area (Å²) in [6.45, 7) is 2.18. The Balaban J connectivity index is 1.71. The van der Waals surface area contributed by atoms with Gasteiger partial charge in [0.25, 0.3) is 0 Å². The van der Waals surface area contributed by atoms with Crippen molar-refractivity contribution in [3.8, 4) is 0 Å². The van der Waals surface area contributed by atoms with Gasteiger partial charge in [0.1, 0.15) is 0 Å². The van der Waals surface area contributed by atoms with Gasteiger partial charge in [0.05, 0.1) is 5.92 Å². The molecule has 1 N–H and O–H groups in total. The minimum Gasteiger partial charge on any atom is -0.325 e. The molecule has 1 aliphatic rings. The first-order valence-electron chi connectivity index (χ1n) is 7.19. The van der Waals surface area contributed by atoms with Gasteiger partial charge in [-0.15, -0.1) is 0 Å². The minimum atomic E-state index is -0.00471. The third-order valence-corrected chi connectivity index (χ3v) is 4.14. The molecule has 0 saturated heterocycles. The molecule has 2 aromatic carbocycles. The summed E-state index contributed by atoms with van der Waals surface area (Å²) >= 11 is 0. The van der Waals surface area contributed by atoms with Crippen molar-refractivity contribution in [3.05, 3.63) is 65.7 Å². The van der Waals surface area contributed by atoms with Crippen LogP contribution in [0.5, 0.6) is 0 Å². The highest BCUT2D eigenvalue weighted by atomic mass is 16.2. The number of carbonyl (C=O) groups is 1. The van der Waals surface area contributed by atoms with Crippen LogP contribution < -0.4 is 5.32 Å². The summed E-state index contributed by atoms with van der Waals surface area (Å²) in [4.78, 5) is 12.2. The molecule has 1 aliphatic heterocycles. The topological polar surface area (TPSA) is 29.1 Å². The largest absolute Gasteiger partial charge is 0.325 e. The van der Waals surface area contributed by atoms with Crippen LogP contribution >= 0.6 is 0 Å². The van der Waals surface area contributed by atoms with Gasteiger partial charge in [0.2, 0.25) is 5.91 Å². The van der Waals surface area contributed by atoms with E-state index in [-0.39, 0.29) is 11.8 Å². The van der Waals surface area contributed by atoms with Gasteiger partial charge < -0.3 is 5.32 Å². The van der Waals surface area contributed by atoms with E-state index < -0.39 is 0 Å². The number of benzene rings is 2. The Morgan fingerprint density at radius 3 is 2.55 bits per heavy atom. The van der Waals surface area contributed by atoms with Crippen LogP contribution in [-0.2, 0) is 11.2 Å². The summed E-state index contributed by atoms with van der Waals surface area (Å²) in [7, 11) is 0. The summed E-state index contributed by atoms with van der Waals surface area (Å²) in [5, 5.41) is 2.99. The van der Waals surface area contributed by atoms with Crippen LogP contribution in [-0.4, -0.2) is 5.91 Å². The molecule has 0 unspecified atom stereocenters. The summed E-state index contributed by atoms with van der Waals surface area (Å²) in [5.74, 6) is 0.487. The summed E-state index contributed by atoms with van der Waals surface area (Å²) in [6.07, 6.45) is 2.05. The highest BCUT2D eigenvalue weighted by Crippen LogP contribution is 2.38. The number of para-hydroxylation sites is 1. The Bertz CT molecular complexity index is 606. The number of hydrogen-bond donors (Lipinski definition) is 1. The fourth-order valence-corrected chi connectivity index (χ4v) is 3.00. The van der Waals surface area contributed by atoms with Crippen molar-refractivity contribution in [3.63, 3.8) is 0 Å². The van der Waals surface area contributed by atoms with Crippen LogP contribution in [0.1, 0.15) is 30.4 Å². The first-order valence-corrected chi connectivity index (χ1v) is 7.19. The molecule has 20 heavy (non-hydrogen) atoms. The highest BCUT2D eigenvalue weighted by Gasteiger charge is 2.33. The predicted octanol–water partition coefficient (Wildman–Crippen LogP) is 3.99. The fourth-order valence-electron chi connectivity index (χ4n) is 3.00. The molecule has 0 saturated carbocycles. The normalized spacial score (nSPS) is 18.4. The van der Waals surface area contributed by atoms with E-state index in [1.165, 1.54) is 5.56 Å². The minimum absolute atomic E-state index is 0.00471. The van der Waals surface area contributed by atoms with E-state index in [1.54, 1.807) is 0 Å². The molecule has 2 nitrogen and oxygen atoms in total. The van der Waals surface area contributed by atoms with Crippen molar-refractivity contribution in [2.75, 3.05) is 5.32 Å². The molecule has 0 fully saturated rings. The molecule has 1 heterocycles. The summed E-state index contributed by atoms with van der Waals surface area (Å²) in [5.41, 5.74) is 3.47. The van der Waals surface area contributed by atoms with E-state index in [2.05, 4.69) is 42.6 Å². The van der Waals surface area contributed by atoms with Gasteiger partial charge in [-0.3, -0.25) is 4.79 Å². The molecule has 2 atom stereocenters. The van der Waals surface area contributed by atoms with E-state index in [0.29, 0.717) is 5.92 Å². The van der Waals surface area contributed by atoms with Crippen molar-refractivity contribution < 1.29 is 4.79 Å². The van der Waals surface area contributed by atoms with Crippen molar-refractivity contribution in [2.45, 2.75) is 25.7 Å². The molecule has 0 spiro atoms. The van der Waals surface area contributed by atoms with Crippen molar-refractivity contribution in [2.24, 2.45) is 5.92 Å². The molecular formula is C18H19NO. The van der Waals surface area contributed by atoms with Crippen LogP contribution in [0.3, 0.4) is 0 Å². The van der Waals surface area contributed by atoms with Crippen molar-refractivity contribution in [1.82, 2.24) is 0 Å². The molecule has 0 aliphatic carbocycles. The smallest absolute Gasteiger partial charge is 0.232 e. The zero-order valence-electron chi connectivity index (χ0n) is 11.7. The third-order valence-electron chi connectivity index (χ3n) is 4.14. The van der Waals surface area contributed by atoms with Crippen molar-refractivity contribution in [1.29, 1.82) is 0 Å². The van der Waals surface area contributed by atoms with Crippen LogP contribution in [0.25, 0.3) is 0 Å². The lowest BCUT2D eigenvalue weighted by molar-refractivity contribution is -0.118. The summed E-state index contributed by atoms with van der Waals surface area (Å²) < 4.78 is 0. The number of anilines is 1. The Kier molecular flexibility index (Phi) is 3.55. The number of amides is 1. The number of hydrogen-bond acceptors (Lipinski definition) is 1. The molecule has 0 aromatic heterocycles. The first kappa shape index (κ1) is 12.9. The average Bonchev–Trinajstić information content (AvgIpc) is 2.82. The second kappa shape index (κ2) is 5.49. The Labute approximate surface area is 119 Å². The number of fused-ring (bicyclic) bond motifs is 1. The van der Waals surface area contributed by atoms with Gasteiger partial charge in [-0.2, -0.15) is 0 Å². The molecule has 2 heteroatoms. The first-order chi connectivity index (χ1) is 9.75. The zero-order valence-corrected chi connectivity index (χ0v) is 11.7. The van der Waals surface area contributed by atoms with Crippen LogP contribution in [0.2, 0.25) is 0 Å². The maximum Gasteiger partial charge on any atom is 0.232 e. The number of nitrogens with one attached hydrogen (secondary N) is 1. The van der Waals surface area contributed by atoms with Gasteiger partial charge in [-0.05, 0) is 36.0 Å². The highest BCUT2D eigenvalue weighted by molar-refractivity contribution is 6.03. The number of rotatable bonds is 4. The van der Waals surface area contributed by atoms with Gasteiger partial charge in [0.15, 0.2) is 0 Å². The predicted molar refractivity (Wildman–Crippen MR) is 81.7 cm³/mol. The Hall–Kier alpha value is -2.09. The van der Waals surface area contributed by atoms with E-state index >= 15 is 0 Å². The zero-order chi connectivity index (χ0) is 13.9. The Morgan fingerprint density at radius 2 is 1.75 bits per heavy atom. The number of carbonyl (C=O) groups excluding carboxylic acids is 1. The SMILES string of the molecule is C[C@@H](CCc1ccccc1)[C@H]1C(=O)Nc2ccccc21. The molecule has 0 radical (unpaired) electrons. The lowest BCUT2D eigenvalue weighted by Crippen LogP contribution is -2.19. The lowest BCUT2D eigenvalue weighted by atomic mass is 9.84. The summed E-state index contributed by atoms with van der Waals surface area (Å²) in [6, 6.07) is 18.5. The van der Waals surface area contributed by atoms with E-state index in [4.69, 9.17) is 0 Å². The monoisotopic (exact) mass is 265 g/mol. The average molecular weight is 265 g/mol. The van der Waals surface area contributed by atoms with Crippen molar-refractivity contribution >= 4 is 11.6 Å². The molecule has 0 bridgehead atoms. The van der Waals surface area contributed by atoms with E-state index in [9.17, 15) is 4.79 Å². The second-order valence-corrected chi connectivity index (χ2v) is 5.56. The van der Waals surface area contributed by atoms with Crippen LogP contribution in [0, 0.1) is 5.92 Å². The molecule has 2 aromatic rings. The standard InChI is InChI=1S/C18H19NO/c1-13(11-12-14-7-3-2-4-8-14)17-15-9-5-6-10-16(15)19-18(17)20/h2-10,13,17H,11-12H2,1H3,(H,19,20)/t13-,17+/m0/s1. The van der Waals surface area contributed by atoms with Gasteiger partial charge >= 0.3 is 0 Å². The molecule has 3 rings (SSSR count). The van der Waals surface area contributed by atoms with Crippen LogP contribution in [0.15, 0.2) is 54.6 Å². The van der Waals surface area contributed by atoms with Gasteiger partial charge in [0, 0.05) is 5.69 Å². The quantitative estimate of drug-likeness (QED) is 0.889. The van der Waals surface area contributed by atoms with Crippen LogP contribution in [0.4, 0.5) is 5.69 Å². The number of aryl methyl sites for hydroxylation is 1. The molecule has 102 valence electrons. The molecular weight excluding hydrogens is 246 g/mol. The second-order valence-electron chi connectivity index (χ2n) is 5.56. The maximum atomic E-state index is 12.2. The fraction of sp³-hybridized carbons (Fsp3) is 0.278. The molecule has 1 amide bonds. The van der Waals surface area contributed by atoms with E-state index in [1.807, 2.05) is 24.3 Å². The lowest BCUT2D eigenvalue weighted by Gasteiger charge is -2.18. The third kappa shape index (κ3) is 2.46. The van der Waals surface area contributed by atoms with E-state index in [0.717, 1.165) is 24.1 Å². The van der Waals surface area contributed by atoms with Gasteiger partial charge in [-0.25, -0.2) is 0 Å². The Morgan fingerprint density at radius 1 is 1.05 bits per heavy atom.